The number of carbonyl (C=O) groups is 2. The third-order valence-electron chi connectivity index (χ3n) is 8.07. The van der Waals surface area contributed by atoms with Crippen LogP contribution in [0.4, 0.5) is 5.82 Å². The van der Waals surface area contributed by atoms with Gasteiger partial charge in [0.15, 0.2) is 5.69 Å². The Labute approximate surface area is 239 Å². The molecule has 1 N–H and O–H groups in total. The van der Waals surface area contributed by atoms with Gasteiger partial charge in [-0.25, -0.2) is 15.0 Å². The number of likely N-dealkylation sites (tertiary alicyclic amines) is 1. The molecule has 6 rings (SSSR count). The van der Waals surface area contributed by atoms with Crippen molar-refractivity contribution in [2.45, 2.75) is 59.2 Å². The zero-order valence-electron chi connectivity index (χ0n) is 22.6. The van der Waals surface area contributed by atoms with E-state index in [1.54, 1.807) is 22.0 Å². The summed E-state index contributed by atoms with van der Waals surface area (Å²) in [6, 6.07) is 9.12. The van der Waals surface area contributed by atoms with Crippen molar-refractivity contribution in [2.75, 3.05) is 5.32 Å². The maximum atomic E-state index is 13.8. The number of rotatable bonds is 5. The zero-order chi connectivity index (χ0) is 28.3. The molecule has 1 unspecified atom stereocenters. The fraction of sp³-hybridized carbons (Fsp3) is 0.345. The third-order valence-corrected chi connectivity index (χ3v) is 8.51. The van der Waals surface area contributed by atoms with E-state index in [1.165, 1.54) is 0 Å². The van der Waals surface area contributed by atoms with Crippen molar-refractivity contribution in [3.63, 3.8) is 0 Å². The van der Waals surface area contributed by atoms with Gasteiger partial charge in [0.1, 0.15) is 34.9 Å². The van der Waals surface area contributed by atoms with Crippen molar-refractivity contribution < 1.29 is 9.59 Å². The van der Waals surface area contributed by atoms with E-state index in [1.807, 2.05) is 45.0 Å². The molecule has 2 fully saturated rings. The quantitative estimate of drug-likeness (QED) is 0.335. The molecular weight excluding hydrogens is 572 g/mol. The summed E-state index contributed by atoms with van der Waals surface area (Å²) in [4.78, 5) is 41.9. The Hall–Kier alpha value is -4.17. The lowest BCUT2D eigenvalue weighted by atomic mass is 10.0. The maximum absolute atomic E-state index is 13.8. The molecule has 2 aliphatic rings. The van der Waals surface area contributed by atoms with E-state index in [0.29, 0.717) is 28.1 Å². The van der Waals surface area contributed by atoms with E-state index in [4.69, 9.17) is 0 Å². The second kappa shape index (κ2) is 9.48. The number of halogens is 1. The Morgan fingerprint density at radius 3 is 2.60 bits per heavy atom. The van der Waals surface area contributed by atoms with E-state index in [0.717, 1.165) is 34.2 Å². The summed E-state index contributed by atoms with van der Waals surface area (Å²) in [5.74, 6) is 0.697. The number of nitrogens with one attached hydrogen (secondary N) is 1. The minimum atomic E-state index is -0.608. The number of piperidine rings is 1. The van der Waals surface area contributed by atoms with Gasteiger partial charge in [-0.3, -0.25) is 14.3 Å². The van der Waals surface area contributed by atoms with Gasteiger partial charge in [0, 0.05) is 29.4 Å². The first kappa shape index (κ1) is 26.1. The molecule has 4 aromatic rings. The summed E-state index contributed by atoms with van der Waals surface area (Å²) in [5, 5.41) is 17.9. The number of fused-ring (bicyclic) bond motifs is 2. The Morgan fingerprint density at radius 1 is 1.12 bits per heavy atom. The van der Waals surface area contributed by atoms with Crippen LogP contribution in [-0.2, 0) is 16.1 Å². The first-order valence-electron chi connectivity index (χ1n) is 13.0. The Balaban J connectivity index is 1.30. The van der Waals surface area contributed by atoms with Gasteiger partial charge in [0.25, 0.3) is 0 Å². The highest BCUT2D eigenvalue weighted by Crippen LogP contribution is 2.59. The highest BCUT2D eigenvalue weighted by Gasteiger charge is 2.64. The Morgan fingerprint density at radius 2 is 1.88 bits per heavy atom. The van der Waals surface area contributed by atoms with Crippen LogP contribution in [0, 0.1) is 37.5 Å². The molecule has 1 aliphatic heterocycles. The van der Waals surface area contributed by atoms with Crippen LogP contribution in [0.5, 0.6) is 0 Å². The molecule has 40 heavy (non-hydrogen) atoms. The number of hydrogen-bond acceptors (Lipinski definition) is 7. The summed E-state index contributed by atoms with van der Waals surface area (Å²) < 4.78 is 2.21. The van der Waals surface area contributed by atoms with Crippen molar-refractivity contribution in [1.82, 2.24) is 29.6 Å². The predicted octanol–water partition coefficient (Wildman–Crippen LogP) is 4.47. The molecule has 1 aromatic carbocycles. The summed E-state index contributed by atoms with van der Waals surface area (Å²) in [6.07, 6.45) is 4.95. The molecule has 11 heteroatoms. The molecule has 1 saturated carbocycles. The van der Waals surface area contributed by atoms with Crippen molar-refractivity contribution in [3.05, 3.63) is 63.9 Å². The number of anilines is 1. The van der Waals surface area contributed by atoms with E-state index in [9.17, 15) is 14.9 Å². The Bertz CT molecular complexity index is 1740. The third kappa shape index (κ3) is 4.42. The van der Waals surface area contributed by atoms with Gasteiger partial charge in [0.2, 0.25) is 11.8 Å². The van der Waals surface area contributed by atoms with E-state index >= 15 is 0 Å². The van der Waals surface area contributed by atoms with Crippen molar-refractivity contribution in [3.8, 4) is 17.2 Å². The first-order chi connectivity index (χ1) is 19.1. The largest absolute Gasteiger partial charge is 0.325 e. The van der Waals surface area contributed by atoms with Gasteiger partial charge < -0.3 is 10.2 Å². The van der Waals surface area contributed by atoms with E-state index < -0.39 is 6.04 Å². The zero-order valence-corrected chi connectivity index (χ0v) is 24.2. The lowest BCUT2D eigenvalue weighted by Crippen LogP contribution is -2.47. The van der Waals surface area contributed by atoms with E-state index in [2.05, 4.69) is 54.3 Å². The summed E-state index contributed by atoms with van der Waals surface area (Å²) in [6.45, 7) is 7.68. The van der Waals surface area contributed by atoms with Gasteiger partial charge >= 0.3 is 0 Å². The highest BCUT2D eigenvalue weighted by molar-refractivity contribution is 9.10. The molecule has 2 amide bonds. The lowest BCUT2D eigenvalue weighted by molar-refractivity contribution is -0.138. The first-order valence-corrected chi connectivity index (χ1v) is 13.8. The van der Waals surface area contributed by atoms with Crippen LogP contribution < -0.4 is 5.32 Å². The fourth-order valence-corrected chi connectivity index (χ4v) is 6.14. The number of aryl methyl sites for hydroxylation is 3. The second-order valence-corrected chi connectivity index (χ2v) is 11.8. The van der Waals surface area contributed by atoms with E-state index in [-0.39, 0.29) is 35.5 Å². The average Bonchev–Trinajstić information content (AvgIpc) is 3.28. The summed E-state index contributed by atoms with van der Waals surface area (Å²) in [7, 11) is 0. The van der Waals surface area contributed by atoms with Crippen LogP contribution in [0.25, 0.3) is 22.0 Å². The van der Waals surface area contributed by atoms with Crippen LogP contribution >= 0.6 is 15.9 Å². The SMILES string of the molecule is Cc1ncc(-c2cc(C)c3c(c2)c(C#N)nn3CC(=O)N2C3C[C@]3(C)C[C@H]2C(=O)Nc2nc(Br)ccc2C)cn1. The fourth-order valence-electron chi connectivity index (χ4n) is 5.83. The van der Waals surface area contributed by atoms with Gasteiger partial charge in [0.05, 0.1) is 5.52 Å². The molecule has 202 valence electrons. The minimum Gasteiger partial charge on any atom is -0.325 e. The van der Waals surface area contributed by atoms with Gasteiger partial charge in [-0.2, -0.15) is 10.4 Å². The topological polar surface area (TPSA) is 130 Å². The van der Waals surface area contributed by atoms with Gasteiger partial charge in [-0.15, -0.1) is 0 Å². The summed E-state index contributed by atoms with van der Waals surface area (Å²) in [5.41, 5.74) is 4.29. The van der Waals surface area contributed by atoms with Gasteiger partial charge in [-0.05, 0) is 89.8 Å². The Kier molecular flexibility index (Phi) is 6.18. The average molecular weight is 599 g/mol. The molecule has 0 spiro atoms. The van der Waals surface area contributed by atoms with Gasteiger partial charge in [-0.1, -0.05) is 13.0 Å². The smallest absolute Gasteiger partial charge is 0.248 e. The standard InChI is InChI=1S/C29H27BrN8O2/c1-15-5-6-24(30)34-27(15)35-28(40)22-9-29(4)10-23(29)38(22)25(39)14-37-26-16(2)7-18(8-20(26)21(11-31)36-37)19-12-32-17(3)33-13-19/h5-8,12-13,22-23H,9-10,14H2,1-4H3,(H,34,35,40)/t22-,23?,29-/m0/s1. The van der Waals surface area contributed by atoms with Crippen LogP contribution in [0.2, 0.25) is 0 Å². The van der Waals surface area contributed by atoms with Crippen molar-refractivity contribution in [2.24, 2.45) is 5.41 Å². The van der Waals surface area contributed by atoms with Crippen molar-refractivity contribution >= 4 is 44.5 Å². The molecule has 0 bridgehead atoms. The van der Waals surface area contributed by atoms with Crippen LogP contribution in [0.3, 0.4) is 0 Å². The molecule has 1 saturated heterocycles. The minimum absolute atomic E-state index is 0.00110. The number of nitrogens with zero attached hydrogens (tertiary/aromatic N) is 7. The maximum Gasteiger partial charge on any atom is 0.248 e. The number of hydrogen-bond donors (Lipinski definition) is 1. The predicted molar refractivity (Wildman–Crippen MR) is 152 cm³/mol. The number of aromatic nitrogens is 5. The molecule has 10 nitrogen and oxygen atoms in total. The number of pyridine rings is 1. The highest BCUT2D eigenvalue weighted by atomic mass is 79.9. The van der Waals surface area contributed by atoms with Crippen LogP contribution in [0.15, 0.2) is 41.3 Å². The monoisotopic (exact) mass is 598 g/mol. The van der Waals surface area contributed by atoms with Crippen molar-refractivity contribution in [1.29, 1.82) is 5.26 Å². The molecule has 1 aliphatic carbocycles. The number of carbonyl (C=O) groups excluding carboxylic acids is 2. The summed E-state index contributed by atoms with van der Waals surface area (Å²) >= 11 is 3.36. The number of nitriles is 1. The molecule has 0 radical (unpaired) electrons. The molecule has 3 atom stereocenters. The normalized spacial score (nSPS) is 21.2. The number of amides is 2. The second-order valence-electron chi connectivity index (χ2n) is 11.0. The van der Waals surface area contributed by atoms with Crippen LogP contribution in [0.1, 0.15) is 42.4 Å². The molecule has 4 heterocycles. The van der Waals surface area contributed by atoms with Crippen LogP contribution in [-0.4, -0.2) is 53.5 Å². The molecule has 3 aromatic heterocycles. The lowest BCUT2D eigenvalue weighted by Gasteiger charge is -2.27. The molecular formula is C29H27BrN8O2. The number of benzene rings is 1.